The van der Waals surface area contributed by atoms with Crippen molar-refractivity contribution in [2.24, 2.45) is 0 Å². The molecule has 4 heterocycles. The number of hydrogen-bond donors (Lipinski definition) is 3. The first-order valence-corrected chi connectivity index (χ1v) is 20.0. The smallest absolute Gasteiger partial charge is 0.424 e. The summed E-state index contributed by atoms with van der Waals surface area (Å²) in [4.78, 5) is 84.1. The van der Waals surface area contributed by atoms with Crippen LogP contribution in [0.3, 0.4) is 0 Å². The number of unbranched alkanes of at least 4 members (excludes halogenated alkanes) is 1. The normalized spacial score (nSPS) is 15.5. The number of nitrogens with zero attached hydrogens (tertiary/aromatic N) is 5. The first-order chi connectivity index (χ1) is 28.9. The van der Waals surface area contributed by atoms with Crippen LogP contribution in [0.1, 0.15) is 95.3 Å². The van der Waals surface area contributed by atoms with Gasteiger partial charge in [0, 0.05) is 65.1 Å². The number of urea groups is 1. The molecule has 0 bridgehead atoms. The van der Waals surface area contributed by atoms with Gasteiger partial charge in [0.2, 0.25) is 11.8 Å². The third-order valence-electron chi connectivity index (χ3n) is 10.1. The van der Waals surface area contributed by atoms with Crippen molar-refractivity contribution in [3.63, 3.8) is 0 Å². The van der Waals surface area contributed by atoms with Crippen molar-refractivity contribution in [2.45, 2.75) is 97.2 Å². The van der Waals surface area contributed by atoms with Crippen LogP contribution < -0.4 is 20.7 Å². The highest BCUT2D eigenvalue weighted by molar-refractivity contribution is 6.14. The number of piperidine rings is 1. The van der Waals surface area contributed by atoms with Gasteiger partial charge in [0.25, 0.3) is 11.8 Å². The Morgan fingerprint density at radius 2 is 1.67 bits per heavy atom. The molecule has 3 N–H and O–H groups in total. The summed E-state index contributed by atoms with van der Waals surface area (Å²) >= 11 is 0. The van der Waals surface area contributed by atoms with Gasteiger partial charge >= 0.3 is 12.1 Å². The number of carbonyl (C=O) groups is 6. The van der Waals surface area contributed by atoms with Crippen molar-refractivity contribution < 1.29 is 42.8 Å². The summed E-state index contributed by atoms with van der Waals surface area (Å²) in [6, 6.07) is 18.1. The fourth-order valence-electron chi connectivity index (χ4n) is 7.03. The average Bonchev–Trinajstić information content (AvgIpc) is 3.92. The molecule has 318 valence electrons. The van der Waals surface area contributed by atoms with Crippen LogP contribution in [0.25, 0.3) is 16.7 Å². The van der Waals surface area contributed by atoms with E-state index in [0.29, 0.717) is 64.2 Å². The molecule has 2 aliphatic heterocycles. The number of likely N-dealkylation sites (tertiary alicyclic amines) is 1. The molecule has 17 nitrogen and oxygen atoms in total. The van der Waals surface area contributed by atoms with E-state index in [1.807, 2.05) is 55.7 Å². The van der Waals surface area contributed by atoms with Crippen LogP contribution in [0.15, 0.2) is 77.6 Å². The monoisotopic (exact) mass is 832 g/mol. The molecular weight excluding hydrogens is 785 g/mol. The number of amides is 7. The summed E-state index contributed by atoms with van der Waals surface area (Å²) in [5, 5.41) is 12.3. The van der Waals surface area contributed by atoms with E-state index < -0.39 is 41.5 Å². The maximum Gasteiger partial charge on any atom is 0.424 e. The van der Waals surface area contributed by atoms with E-state index in [0.717, 1.165) is 16.7 Å². The molecule has 7 amide bonds. The molecule has 1 atom stereocenters. The predicted molar refractivity (Wildman–Crippen MR) is 224 cm³/mol. The number of carbonyl (C=O) groups excluding carboxylic acids is 6. The van der Waals surface area contributed by atoms with E-state index in [1.165, 1.54) is 4.90 Å². The van der Waals surface area contributed by atoms with Crippen LogP contribution in [0.2, 0.25) is 0 Å². The van der Waals surface area contributed by atoms with Crippen LogP contribution in [0.5, 0.6) is 5.75 Å². The van der Waals surface area contributed by atoms with Gasteiger partial charge in [-0.1, -0.05) is 32.0 Å². The van der Waals surface area contributed by atoms with E-state index in [1.54, 1.807) is 63.5 Å². The maximum atomic E-state index is 13.5. The number of nitrogens with one attached hydrogen (secondary N) is 3. The number of imide groups is 3. The molecule has 1 saturated heterocycles. The lowest BCUT2D eigenvalue weighted by Crippen LogP contribution is -2.57. The van der Waals surface area contributed by atoms with Crippen LogP contribution in [-0.4, -0.2) is 78.5 Å². The maximum absolute atomic E-state index is 13.5. The quantitative estimate of drug-likeness (QED) is 0.0875. The summed E-state index contributed by atoms with van der Waals surface area (Å²) in [5.74, 6) is -0.523. The number of rotatable bonds is 11. The number of hydrogen-bond acceptors (Lipinski definition) is 11. The zero-order valence-corrected chi connectivity index (χ0v) is 34.9. The zero-order valence-electron chi connectivity index (χ0n) is 34.9. The number of aromatic nitrogens is 3. The Balaban J connectivity index is 0.870. The Hall–Kier alpha value is -7.04. The van der Waals surface area contributed by atoms with Crippen LogP contribution in [0.4, 0.5) is 26.8 Å². The van der Waals surface area contributed by atoms with Crippen molar-refractivity contribution >= 4 is 64.0 Å². The highest BCUT2D eigenvalue weighted by Gasteiger charge is 2.46. The molecular formula is C44H48N8O9. The van der Waals surface area contributed by atoms with E-state index in [4.69, 9.17) is 14.0 Å². The first-order valence-electron chi connectivity index (χ1n) is 20.0. The zero-order chi connectivity index (χ0) is 43.6. The molecule has 17 heteroatoms. The second-order valence-electron chi connectivity index (χ2n) is 16.9. The van der Waals surface area contributed by atoms with E-state index >= 15 is 0 Å². The van der Waals surface area contributed by atoms with Gasteiger partial charge in [-0.25, -0.2) is 14.6 Å². The number of benzene rings is 3. The van der Waals surface area contributed by atoms with Crippen LogP contribution >= 0.6 is 0 Å². The van der Waals surface area contributed by atoms with Crippen LogP contribution in [-0.2, 0) is 31.1 Å². The topological polar surface area (TPSA) is 207 Å². The first kappa shape index (κ1) is 42.1. The number of ether oxygens (including phenoxy) is 2. The standard InChI is InChI=1S/C44H48N8O9/c1-43(2,3)35-23-36(49-61-35)48-41(57)46-26-13-15-27(16-14-26)51-25-45-32-22-28(17-18-33(32)51)59-21-8-7-12-37(53)47-31-11-9-10-29-30(31)24-50(39(29)55)34-19-20-38(54)52(40(34)56)42(58)60-44(4,5)6/h9-11,13-18,22-23,25,34H,7-8,12,19-21,24H2,1-6H3,(H,47,53)(H2,46,48,49,57). The lowest BCUT2D eigenvalue weighted by molar-refractivity contribution is -0.150. The van der Waals surface area contributed by atoms with Gasteiger partial charge in [-0.3, -0.25) is 29.1 Å². The highest BCUT2D eigenvalue weighted by Crippen LogP contribution is 2.34. The molecule has 61 heavy (non-hydrogen) atoms. The van der Waals surface area contributed by atoms with Crippen LogP contribution in [0, 0.1) is 0 Å². The van der Waals surface area contributed by atoms with Crippen molar-refractivity contribution in [3.8, 4) is 11.4 Å². The van der Waals surface area contributed by atoms with Gasteiger partial charge in [-0.05, 0) is 88.6 Å². The van der Waals surface area contributed by atoms with Gasteiger partial charge in [0.1, 0.15) is 29.5 Å². The Bertz CT molecular complexity index is 2510. The average molecular weight is 833 g/mol. The summed E-state index contributed by atoms with van der Waals surface area (Å²) in [5.41, 5.74) is 3.23. The molecule has 0 aliphatic carbocycles. The molecule has 0 radical (unpaired) electrons. The second-order valence-corrected chi connectivity index (χ2v) is 16.9. The fraction of sp³-hybridized carbons (Fsp3) is 0.364. The van der Waals surface area contributed by atoms with E-state index in [9.17, 15) is 28.8 Å². The fourth-order valence-corrected chi connectivity index (χ4v) is 7.03. The lowest BCUT2D eigenvalue weighted by atomic mass is 9.93. The molecule has 7 rings (SSSR count). The molecule has 5 aromatic rings. The largest absolute Gasteiger partial charge is 0.494 e. The molecule has 1 unspecified atom stereocenters. The molecule has 2 aliphatic rings. The Morgan fingerprint density at radius 1 is 0.902 bits per heavy atom. The molecule has 0 spiro atoms. The minimum absolute atomic E-state index is 0.0304. The predicted octanol–water partition coefficient (Wildman–Crippen LogP) is 7.55. The van der Waals surface area contributed by atoms with Gasteiger partial charge in [0.15, 0.2) is 5.82 Å². The van der Waals surface area contributed by atoms with Gasteiger partial charge in [0.05, 0.1) is 17.6 Å². The van der Waals surface area contributed by atoms with Crippen molar-refractivity contribution in [3.05, 3.63) is 89.9 Å². The molecule has 3 aromatic carbocycles. The third kappa shape index (κ3) is 9.56. The Labute approximate surface area is 351 Å². The number of imidazole rings is 1. The van der Waals surface area contributed by atoms with Gasteiger partial charge < -0.3 is 29.5 Å². The SMILES string of the molecule is CC(C)(C)OC(=O)N1C(=O)CCC(N2Cc3c(NC(=O)CCCCOc4ccc5c(c4)ncn5-c4ccc(NC(=O)Nc5cc(C(C)(C)C)on5)cc4)cccc3C2=O)C1=O. The van der Waals surface area contributed by atoms with E-state index in [-0.39, 0.29) is 37.1 Å². The number of fused-ring (bicyclic) bond motifs is 2. The summed E-state index contributed by atoms with van der Waals surface area (Å²) in [6.45, 7) is 11.3. The third-order valence-corrected chi connectivity index (χ3v) is 10.1. The Kier molecular flexibility index (Phi) is 11.7. The second kappa shape index (κ2) is 16.9. The summed E-state index contributed by atoms with van der Waals surface area (Å²) in [6.07, 6.45) is 1.96. The highest BCUT2D eigenvalue weighted by atomic mass is 16.6. The van der Waals surface area contributed by atoms with Gasteiger partial charge in [-0.15, -0.1) is 0 Å². The van der Waals surface area contributed by atoms with E-state index in [2.05, 4.69) is 26.1 Å². The lowest BCUT2D eigenvalue weighted by Gasteiger charge is -2.35. The minimum Gasteiger partial charge on any atom is -0.494 e. The summed E-state index contributed by atoms with van der Waals surface area (Å²) < 4.78 is 18.5. The summed E-state index contributed by atoms with van der Waals surface area (Å²) in [7, 11) is 0. The van der Waals surface area contributed by atoms with Gasteiger partial charge in [-0.2, -0.15) is 4.90 Å². The van der Waals surface area contributed by atoms with Crippen molar-refractivity contribution in [1.29, 1.82) is 0 Å². The minimum atomic E-state index is -1.07. The van der Waals surface area contributed by atoms with Crippen molar-refractivity contribution in [2.75, 3.05) is 22.6 Å². The number of anilines is 3. The molecule has 1 fully saturated rings. The molecule has 2 aromatic heterocycles. The molecule has 0 saturated carbocycles. The van der Waals surface area contributed by atoms with Crippen molar-refractivity contribution in [1.82, 2.24) is 24.5 Å². The Morgan fingerprint density at radius 3 is 2.39 bits per heavy atom.